The molecular weight excluding hydrogens is 332 g/mol. The van der Waals surface area contributed by atoms with Crippen LogP contribution in [0.15, 0.2) is 51.7 Å². The topological polar surface area (TPSA) is 58.9 Å². The van der Waals surface area contributed by atoms with Gasteiger partial charge in [0.1, 0.15) is 10.6 Å². The molecule has 0 atom stereocenters. The number of nitrogens with zero attached hydrogens (tertiary/aromatic N) is 1. The van der Waals surface area contributed by atoms with E-state index in [0.29, 0.717) is 11.6 Å². The molecule has 1 aliphatic carbocycles. The number of aromatic nitrogens is 2. The Morgan fingerprint density at radius 1 is 1.00 bits per heavy atom. The number of rotatable bonds is 2. The van der Waals surface area contributed by atoms with Crippen molar-refractivity contribution < 1.29 is 4.42 Å². The van der Waals surface area contributed by atoms with Crippen LogP contribution in [0.1, 0.15) is 23.3 Å². The van der Waals surface area contributed by atoms with Crippen LogP contribution in [0.2, 0.25) is 0 Å². The third-order valence-corrected chi connectivity index (χ3v) is 5.91. The first-order valence-corrected chi connectivity index (χ1v) is 9.31. The number of benzene rings is 1. The van der Waals surface area contributed by atoms with E-state index in [-0.39, 0.29) is 5.56 Å². The van der Waals surface area contributed by atoms with Crippen molar-refractivity contribution in [1.29, 1.82) is 0 Å². The molecule has 0 unspecified atom stereocenters. The van der Waals surface area contributed by atoms with Crippen LogP contribution >= 0.6 is 11.3 Å². The normalized spacial score (nSPS) is 13.9. The number of thiophene rings is 1. The number of H-pyrrole nitrogens is 1. The summed E-state index contributed by atoms with van der Waals surface area (Å²) in [6.07, 6.45) is 4.39. The number of aryl methyl sites for hydroxylation is 2. The predicted octanol–water partition coefficient (Wildman–Crippen LogP) is 4.79. The molecule has 5 heteroatoms. The lowest BCUT2D eigenvalue weighted by molar-refractivity contribution is 0.592. The summed E-state index contributed by atoms with van der Waals surface area (Å²) in [5, 5.41) is 0.776. The lowest BCUT2D eigenvalue weighted by Crippen LogP contribution is -2.11. The largest absolute Gasteiger partial charge is 0.453 e. The first-order chi connectivity index (χ1) is 12.3. The van der Waals surface area contributed by atoms with Crippen LogP contribution in [0.4, 0.5) is 0 Å². The maximum Gasteiger partial charge on any atom is 0.260 e. The van der Waals surface area contributed by atoms with E-state index < -0.39 is 0 Å². The molecule has 0 saturated carbocycles. The van der Waals surface area contributed by atoms with Gasteiger partial charge >= 0.3 is 0 Å². The minimum Gasteiger partial charge on any atom is -0.453 e. The van der Waals surface area contributed by atoms with Gasteiger partial charge in [-0.2, -0.15) is 0 Å². The molecule has 0 amide bonds. The van der Waals surface area contributed by atoms with Crippen molar-refractivity contribution in [3.63, 3.8) is 0 Å². The summed E-state index contributed by atoms with van der Waals surface area (Å²) < 4.78 is 5.93. The lowest BCUT2D eigenvalue weighted by atomic mass is 9.97. The molecule has 0 spiro atoms. The monoisotopic (exact) mass is 348 g/mol. The Morgan fingerprint density at radius 3 is 2.68 bits per heavy atom. The molecule has 25 heavy (non-hydrogen) atoms. The predicted molar refractivity (Wildman–Crippen MR) is 100 cm³/mol. The van der Waals surface area contributed by atoms with Crippen molar-refractivity contribution >= 4 is 21.6 Å². The van der Waals surface area contributed by atoms with Crippen LogP contribution in [0.25, 0.3) is 33.1 Å². The number of fused-ring (bicyclic) bond motifs is 3. The molecule has 1 N–H and O–H groups in total. The summed E-state index contributed by atoms with van der Waals surface area (Å²) in [7, 11) is 0. The fraction of sp³-hybridized carbons (Fsp3) is 0.200. The number of nitrogens with one attached hydrogen (secondary N) is 1. The van der Waals surface area contributed by atoms with Crippen molar-refractivity contribution in [2.24, 2.45) is 0 Å². The van der Waals surface area contributed by atoms with Crippen LogP contribution < -0.4 is 5.56 Å². The van der Waals surface area contributed by atoms with Gasteiger partial charge in [-0.15, -0.1) is 11.3 Å². The summed E-state index contributed by atoms with van der Waals surface area (Å²) in [5.74, 6) is 1.85. The third kappa shape index (κ3) is 2.43. The maximum atomic E-state index is 12.7. The molecule has 3 aromatic heterocycles. The average Bonchev–Trinajstić information content (AvgIpc) is 3.27. The Balaban J connectivity index is 1.62. The van der Waals surface area contributed by atoms with Gasteiger partial charge < -0.3 is 9.40 Å². The fourth-order valence-electron chi connectivity index (χ4n) is 3.50. The zero-order chi connectivity index (χ0) is 16.8. The highest BCUT2D eigenvalue weighted by Crippen LogP contribution is 2.34. The van der Waals surface area contributed by atoms with Gasteiger partial charge in [-0.1, -0.05) is 30.3 Å². The van der Waals surface area contributed by atoms with Gasteiger partial charge in [0.05, 0.1) is 5.39 Å². The number of aromatic amines is 1. The minimum absolute atomic E-state index is 0.0583. The Bertz CT molecular complexity index is 1120. The second kappa shape index (κ2) is 5.70. The number of furan rings is 1. The second-order valence-electron chi connectivity index (χ2n) is 6.34. The number of hydrogen-bond donors (Lipinski definition) is 1. The van der Waals surface area contributed by atoms with E-state index in [1.54, 1.807) is 11.3 Å². The highest BCUT2D eigenvalue weighted by Gasteiger charge is 2.20. The molecule has 5 rings (SSSR count). The van der Waals surface area contributed by atoms with Crippen LogP contribution in [-0.2, 0) is 12.8 Å². The van der Waals surface area contributed by atoms with E-state index >= 15 is 0 Å². The standard InChI is InChI=1S/C20H16N2O2S/c23-19-17-13-8-4-5-9-16(13)25-20(17)22-18(21-19)15-11-10-14(24-15)12-6-2-1-3-7-12/h1-3,6-7,10-11H,4-5,8-9H2,(H,21,22,23). The molecule has 0 aliphatic heterocycles. The molecule has 0 saturated heterocycles. The minimum atomic E-state index is -0.0583. The Kier molecular flexibility index (Phi) is 3.35. The average molecular weight is 348 g/mol. The number of hydrogen-bond acceptors (Lipinski definition) is 4. The van der Waals surface area contributed by atoms with Gasteiger partial charge in [-0.3, -0.25) is 4.79 Å². The van der Waals surface area contributed by atoms with E-state index in [1.807, 2.05) is 42.5 Å². The van der Waals surface area contributed by atoms with E-state index in [2.05, 4.69) is 9.97 Å². The summed E-state index contributed by atoms with van der Waals surface area (Å²) in [4.78, 5) is 22.4. The Hall–Kier alpha value is -2.66. The molecule has 0 fully saturated rings. The Labute approximate surface area is 148 Å². The molecule has 124 valence electrons. The molecule has 1 aliphatic rings. The van der Waals surface area contributed by atoms with Crippen molar-refractivity contribution in [2.75, 3.05) is 0 Å². The molecule has 0 bridgehead atoms. The van der Waals surface area contributed by atoms with Crippen LogP contribution in [0.5, 0.6) is 0 Å². The summed E-state index contributed by atoms with van der Waals surface area (Å²) in [6.45, 7) is 0. The molecule has 1 aromatic carbocycles. The molecular formula is C20H16N2O2S. The van der Waals surface area contributed by atoms with Gasteiger partial charge in [0.2, 0.25) is 0 Å². The quantitative estimate of drug-likeness (QED) is 0.566. The zero-order valence-electron chi connectivity index (χ0n) is 13.5. The molecule has 0 radical (unpaired) electrons. The second-order valence-corrected chi connectivity index (χ2v) is 7.42. The zero-order valence-corrected chi connectivity index (χ0v) is 14.4. The van der Waals surface area contributed by atoms with Crippen molar-refractivity contribution in [3.05, 3.63) is 63.3 Å². The first-order valence-electron chi connectivity index (χ1n) is 8.50. The highest BCUT2D eigenvalue weighted by atomic mass is 32.1. The Morgan fingerprint density at radius 2 is 1.80 bits per heavy atom. The van der Waals surface area contributed by atoms with Gasteiger partial charge in [0.15, 0.2) is 11.6 Å². The van der Waals surface area contributed by atoms with Gasteiger partial charge in [-0.25, -0.2) is 4.98 Å². The van der Waals surface area contributed by atoms with Crippen LogP contribution in [0.3, 0.4) is 0 Å². The van der Waals surface area contributed by atoms with Gasteiger partial charge in [0.25, 0.3) is 5.56 Å². The molecule has 4 aromatic rings. The van der Waals surface area contributed by atoms with E-state index in [1.165, 1.54) is 16.9 Å². The van der Waals surface area contributed by atoms with Crippen LogP contribution in [-0.4, -0.2) is 9.97 Å². The maximum absolute atomic E-state index is 12.7. The third-order valence-electron chi connectivity index (χ3n) is 4.72. The molecule has 4 nitrogen and oxygen atoms in total. The highest BCUT2D eigenvalue weighted by molar-refractivity contribution is 7.18. The smallest absolute Gasteiger partial charge is 0.260 e. The summed E-state index contributed by atoms with van der Waals surface area (Å²) in [6, 6.07) is 13.7. The first kappa shape index (κ1) is 14.7. The van der Waals surface area contributed by atoms with E-state index in [9.17, 15) is 4.79 Å². The summed E-state index contributed by atoms with van der Waals surface area (Å²) in [5.41, 5.74) is 2.15. The van der Waals surface area contributed by atoms with Crippen molar-refractivity contribution in [1.82, 2.24) is 9.97 Å². The van der Waals surface area contributed by atoms with Gasteiger partial charge in [-0.05, 0) is 43.4 Å². The van der Waals surface area contributed by atoms with E-state index in [4.69, 9.17) is 4.42 Å². The lowest BCUT2D eigenvalue weighted by Gasteiger charge is -2.09. The van der Waals surface area contributed by atoms with Crippen molar-refractivity contribution in [2.45, 2.75) is 25.7 Å². The van der Waals surface area contributed by atoms with E-state index in [0.717, 1.165) is 40.8 Å². The summed E-state index contributed by atoms with van der Waals surface area (Å²) >= 11 is 1.65. The van der Waals surface area contributed by atoms with Gasteiger partial charge in [0, 0.05) is 10.4 Å². The van der Waals surface area contributed by atoms with Crippen LogP contribution in [0, 0.1) is 0 Å². The SMILES string of the molecule is O=c1[nH]c(-c2ccc(-c3ccccc3)o2)nc2sc3c(c12)CCCC3. The molecule has 3 heterocycles. The fourth-order valence-corrected chi connectivity index (χ4v) is 4.77. The van der Waals surface area contributed by atoms with Crippen molar-refractivity contribution in [3.8, 4) is 22.9 Å².